The van der Waals surface area contributed by atoms with Crippen LogP contribution in [-0.4, -0.2) is 23.4 Å². The van der Waals surface area contributed by atoms with Gasteiger partial charge in [-0.15, -0.1) is 0 Å². The second-order valence-corrected chi connectivity index (χ2v) is 14.2. The fraction of sp³-hybridized carbons (Fsp3) is 0.625. The second kappa shape index (κ2) is 10.2. The zero-order valence-electron chi connectivity index (χ0n) is 24.4. The van der Waals surface area contributed by atoms with Crippen molar-refractivity contribution in [2.24, 2.45) is 0 Å². The number of aromatic hydroxyl groups is 2. The molecule has 2 rings (SSSR count). The monoisotopic (exact) mass is 482 g/mol. The van der Waals surface area contributed by atoms with Crippen molar-refractivity contribution in [2.75, 3.05) is 13.2 Å². The van der Waals surface area contributed by atoms with Gasteiger partial charge in [-0.2, -0.15) is 0 Å². The van der Waals surface area contributed by atoms with E-state index in [1.165, 1.54) is 33.4 Å². The van der Waals surface area contributed by atoms with E-state index in [0.717, 1.165) is 12.8 Å². The van der Waals surface area contributed by atoms with Crippen LogP contribution in [0.5, 0.6) is 11.5 Å². The van der Waals surface area contributed by atoms with Crippen LogP contribution in [0.3, 0.4) is 0 Å². The largest absolute Gasteiger partial charge is 0.508 e. The summed E-state index contributed by atoms with van der Waals surface area (Å²) in [7, 11) is 0. The van der Waals surface area contributed by atoms with Gasteiger partial charge in [-0.25, -0.2) is 0 Å². The van der Waals surface area contributed by atoms with Crippen LogP contribution in [0.1, 0.15) is 116 Å². The first kappa shape index (κ1) is 29.2. The van der Waals surface area contributed by atoms with E-state index in [-0.39, 0.29) is 21.7 Å². The molecular formula is C32H50O3. The minimum absolute atomic E-state index is 0.0661. The van der Waals surface area contributed by atoms with Gasteiger partial charge in [0.1, 0.15) is 11.5 Å². The van der Waals surface area contributed by atoms with Crippen molar-refractivity contribution in [1.82, 2.24) is 0 Å². The highest BCUT2D eigenvalue weighted by atomic mass is 16.5. The molecule has 3 heteroatoms. The number of hydrogen-bond acceptors (Lipinski definition) is 3. The van der Waals surface area contributed by atoms with Crippen LogP contribution < -0.4 is 0 Å². The molecule has 0 bridgehead atoms. The molecule has 0 atom stereocenters. The Morgan fingerprint density at radius 3 is 0.914 bits per heavy atom. The summed E-state index contributed by atoms with van der Waals surface area (Å²) in [4.78, 5) is 0. The summed E-state index contributed by atoms with van der Waals surface area (Å²) in [6, 6.07) is 7.69. The summed E-state index contributed by atoms with van der Waals surface area (Å²) in [5, 5.41) is 20.9. The lowest BCUT2D eigenvalue weighted by molar-refractivity contribution is 0.139. The summed E-state index contributed by atoms with van der Waals surface area (Å²) in [5.74, 6) is 0.669. The molecule has 0 aliphatic carbocycles. The summed E-state index contributed by atoms with van der Waals surface area (Å²) >= 11 is 0. The second-order valence-electron chi connectivity index (χ2n) is 14.2. The van der Waals surface area contributed by atoms with Gasteiger partial charge in [0.25, 0.3) is 0 Å². The topological polar surface area (TPSA) is 49.7 Å². The molecule has 0 saturated heterocycles. The number of phenolic OH excluding ortho intramolecular Hbond substituents is 2. The molecule has 0 aromatic heterocycles. The Hall–Kier alpha value is -2.00. The Labute approximate surface area is 214 Å². The first-order valence-electron chi connectivity index (χ1n) is 13.0. The molecule has 0 aliphatic rings. The van der Waals surface area contributed by atoms with Crippen LogP contribution >= 0.6 is 0 Å². The van der Waals surface area contributed by atoms with E-state index < -0.39 is 0 Å². The average Bonchev–Trinajstić information content (AvgIpc) is 2.65. The molecule has 3 nitrogen and oxygen atoms in total. The highest BCUT2D eigenvalue weighted by molar-refractivity contribution is 5.49. The number of phenols is 2. The van der Waals surface area contributed by atoms with Gasteiger partial charge in [-0.1, -0.05) is 83.1 Å². The maximum Gasteiger partial charge on any atom is 0.116 e. The highest BCUT2D eigenvalue weighted by Crippen LogP contribution is 2.39. The Morgan fingerprint density at radius 1 is 0.486 bits per heavy atom. The van der Waals surface area contributed by atoms with Crippen molar-refractivity contribution in [3.05, 3.63) is 57.6 Å². The predicted molar refractivity (Wildman–Crippen MR) is 149 cm³/mol. The van der Waals surface area contributed by atoms with Gasteiger partial charge in [-0.05, 0) is 92.1 Å². The van der Waals surface area contributed by atoms with Crippen molar-refractivity contribution >= 4 is 0 Å². The third-order valence-corrected chi connectivity index (χ3v) is 6.69. The summed E-state index contributed by atoms with van der Waals surface area (Å²) in [6.07, 6.45) is 1.63. The molecule has 0 amide bonds. The third-order valence-electron chi connectivity index (χ3n) is 6.69. The van der Waals surface area contributed by atoms with Crippen LogP contribution in [0.25, 0.3) is 0 Å². The Morgan fingerprint density at radius 2 is 0.714 bits per heavy atom. The zero-order chi connectivity index (χ0) is 27.0. The first-order chi connectivity index (χ1) is 15.7. The van der Waals surface area contributed by atoms with Gasteiger partial charge in [-0.3, -0.25) is 0 Å². The lowest BCUT2D eigenvalue weighted by Crippen LogP contribution is -2.23. The van der Waals surface area contributed by atoms with Crippen molar-refractivity contribution in [3.63, 3.8) is 0 Å². The highest BCUT2D eigenvalue weighted by Gasteiger charge is 2.28. The van der Waals surface area contributed by atoms with Crippen molar-refractivity contribution < 1.29 is 14.9 Å². The molecule has 35 heavy (non-hydrogen) atoms. The van der Waals surface area contributed by atoms with E-state index in [1.807, 2.05) is 24.3 Å². The fourth-order valence-corrected chi connectivity index (χ4v) is 4.98. The van der Waals surface area contributed by atoms with E-state index in [1.54, 1.807) is 0 Å². The van der Waals surface area contributed by atoms with Gasteiger partial charge in [0.15, 0.2) is 0 Å². The van der Waals surface area contributed by atoms with Gasteiger partial charge in [0, 0.05) is 0 Å². The molecule has 2 N–H and O–H groups in total. The maximum atomic E-state index is 10.4. The quantitative estimate of drug-likeness (QED) is 0.409. The minimum Gasteiger partial charge on any atom is -0.508 e. The lowest BCUT2D eigenvalue weighted by Gasteiger charge is -2.31. The Kier molecular flexibility index (Phi) is 8.49. The standard InChI is InChI=1S/C32H50O3/c1-29(2,3)25-17-21(33)18-26(30(4,5)6)23(25)13-15-35-16-14-24-27(31(7,8)9)19-22(34)20-28(24)32(10,11)12/h17-20,33-34H,13-16H2,1-12H3. The normalized spacial score (nSPS) is 13.4. The molecule has 0 aliphatic heterocycles. The number of benzene rings is 2. The zero-order valence-corrected chi connectivity index (χ0v) is 24.4. The molecular weight excluding hydrogens is 432 g/mol. The Balaban J connectivity index is 2.28. The minimum atomic E-state index is -0.0661. The number of rotatable bonds is 6. The van der Waals surface area contributed by atoms with Crippen molar-refractivity contribution in [1.29, 1.82) is 0 Å². The van der Waals surface area contributed by atoms with Crippen LogP contribution in [0.15, 0.2) is 24.3 Å². The number of ether oxygens (including phenoxy) is 1. The smallest absolute Gasteiger partial charge is 0.116 e. The van der Waals surface area contributed by atoms with Gasteiger partial charge in [0.2, 0.25) is 0 Å². The van der Waals surface area contributed by atoms with Crippen molar-refractivity contribution in [3.8, 4) is 11.5 Å². The SMILES string of the molecule is CC(C)(C)c1cc(O)cc(C(C)(C)C)c1CCOCCc1c(C(C)(C)C)cc(O)cc1C(C)(C)C. The molecule has 0 spiro atoms. The van der Waals surface area contributed by atoms with E-state index in [9.17, 15) is 10.2 Å². The molecule has 0 radical (unpaired) electrons. The predicted octanol–water partition coefficient (Wildman–Crippen LogP) is 8.09. The molecule has 196 valence electrons. The van der Waals surface area contributed by atoms with Gasteiger partial charge in [0.05, 0.1) is 13.2 Å². The molecule has 0 fully saturated rings. The third kappa shape index (κ3) is 7.49. The Bertz CT molecular complexity index is 865. The van der Waals surface area contributed by atoms with E-state index >= 15 is 0 Å². The average molecular weight is 483 g/mol. The van der Waals surface area contributed by atoms with Crippen molar-refractivity contribution in [2.45, 2.75) is 118 Å². The molecule has 2 aromatic carbocycles. The molecule has 0 heterocycles. The van der Waals surface area contributed by atoms with Crippen LogP contribution in [0, 0.1) is 0 Å². The molecule has 0 unspecified atom stereocenters. The van der Waals surface area contributed by atoms with Crippen LogP contribution in [0.4, 0.5) is 0 Å². The van der Waals surface area contributed by atoms with E-state index in [0.29, 0.717) is 24.7 Å². The van der Waals surface area contributed by atoms with E-state index in [2.05, 4.69) is 83.1 Å². The van der Waals surface area contributed by atoms with Crippen LogP contribution in [-0.2, 0) is 39.2 Å². The van der Waals surface area contributed by atoms with Gasteiger partial charge >= 0.3 is 0 Å². The summed E-state index contributed by atoms with van der Waals surface area (Å²) in [5.41, 5.74) is 7.07. The maximum absolute atomic E-state index is 10.4. The summed E-state index contributed by atoms with van der Waals surface area (Å²) in [6.45, 7) is 27.7. The molecule has 0 saturated carbocycles. The lowest BCUT2D eigenvalue weighted by atomic mass is 9.75. The first-order valence-corrected chi connectivity index (χ1v) is 13.0. The fourth-order valence-electron chi connectivity index (χ4n) is 4.98. The van der Waals surface area contributed by atoms with Crippen LogP contribution in [0.2, 0.25) is 0 Å². The van der Waals surface area contributed by atoms with Gasteiger partial charge < -0.3 is 14.9 Å². The summed E-state index contributed by atoms with van der Waals surface area (Å²) < 4.78 is 6.25. The number of hydrogen-bond donors (Lipinski definition) is 2. The van der Waals surface area contributed by atoms with E-state index in [4.69, 9.17) is 4.74 Å². The molecule has 2 aromatic rings.